The lowest BCUT2D eigenvalue weighted by Crippen LogP contribution is -2.30. The van der Waals surface area contributed by atoms with Crippen LogP contribution in [0.25, 0.3) is 0 Å². The van der Waals surface area contributed by atoms with E-state index in [1.54, 1.807) is 0 Å². The molecule has 0 saturated carbocycles. The number of hydrogen-bond donors (Lipinski definition) is 0. The van der Waals surface area contributed by atoms with Gasteiger partial charge in [0.05, 0.1) is 28.0 Å². The van der Waals surface area contributed by atoms with E-state index in [9.17, 15) is 28.6 Å². The highest BCUT2D eigenvalue weighted by Gasteiger charge is 2.33. The minimum absolute atomic E-state index is 0.117. The number of anilines is 1. The first-order valence-electron chi connectivity index (χ1n) is 6.47. The summed E-state index contributed by atoms with van der Waals surface area (Å²) < 4.78 is 25.8. The van der Waals surface area contributed by atoms with E-state index in [0.717, 1.165) is 19.2 Å². The Morgan fingerprint density at radius 2 is 1.72 bits per heavy atom. The van der Waals surface area contributed by atoms with Crippen molar-refractivity contribution in [2.24, 2.45) is 0 Å². The van der Waals surface area contributed by atoms with Gasteiger partial charge >= 0.3 is 5.69 Å². The molecule has 0 aliphatic rings. The van der Waals surface area contributed by atoms with Gasteiger partial charge in [0, 0.05) is 6.07 Å². The Hall–Kier alpha value is -2.76. The normalized spacial score (nSPS) is 11.1. The fraction of sp³-hybridized carbons (Fsp3) is 0.0769. The Kier molecular flexibility index (Phi) is 5.21. The molecule has 0 amide bonds. The summed E-state index contributed by atoms with van der Waals surface area (Å²) in [5.41, 5.74) is -1.88. The van der Waals surface area contributed by atoms with Crippen LogP contribution in [0.2, 0.25) is 5.02 Å². The number of benzene rings is 2. The van der Waals surface area contributed by atoms with Crippen LogP contribution in [0.5, 0.6) is 0 Å². The van der Waals surface area contributed by atoms with Gasteiger partial charge in [-0.2, -0.15) is 8.42 Å². The second-order valence-electron chi connectivity index (χ2n) is 4.53. The van der Waals surface area contributed by atoms with Gasteiger partial charge in [0.15, 0.2) is 5.69 Å². The zero-order valence-electron chi connectivity index (χ0n) is 12.5. The monoisotopic (exact) mass is 387 g/mol. The number of halogens is 1. The maximum absolute atomic E-state index is 12.7. The Bertz CT molecular complexity index is 948. The maximum Gasteiger partial charge on any atom is 0.303 e. The summed E-state index contributed by atoms with van der Waals surface area (Å²) in [4.78, 5) is 24.7. The van der Waals surface area contributed by atoms with Crippen molar-refractivity contribution >= 4 is 38.7 Å². The lowest BCUT2D eigenvalue weighted by atomic mass is 10.2. The highest BCUT2D eigenvalue weighted by atomic mass is 35.5. The number of hydrogen-bond acceptors (Lipinski definition) is 7. The first-order valence-corrected chi connectivity index (χ1v) is 8.28. The summed E-state index contributed by atoms with van der Waals surface area (Å²) >= 11 is 5.88. The number of sulfonamides is 1. The fourth-order valence-corrected chi connectivity index (χ4v) is 3.78. The van der Waals surface area contributed by atoms with Crippen molar-refractivity contribution in [2.75, 3.05) is 11.6 Å². The van der Waals surface area contributed by atoms with Crippen LogP contribution in [0.1, 0.15) is 0 Å². The lowest BCUT2D eigenvalue weighted by molar-refractivity contribution is -0.393. The predicted octanol–water partition coefficient (Wildman–Crippen LogP) is 2.91. The van der Waals surface area contributed by atoms with Gasteiger partial charge in [0.1, 0.15) is 4.90 Å². The van der Waals surface area contributed by atoms with Crippen LogP contribution in [0.15, 0.2) is 47.4 Å². The van der Waals surface area contributed by atoms with Crippen molar-refractivity contribution in [3.05, 3.63) is 67.7 Å². The van der Waals surface area contributed by atoms with E-state index in [-0.39, 0.29) is 14.4 Å². The Morgan fingerprint density at radius 3 is 2.24 bits per heavy atom. The highest BCUT2D eigenvalue weighted by molar-refractivity contribution is 7.92. The van der Waals surface area contributed by atoms with Crippen LogP contribution in [-0.4, -0.2) is 25.4 Å². The second-order valence-corrected chi connectivity index (χ2v) is 6.66. The van der Waals surface area contributed by atoms with E-state index < -0.39 is 36.9 Å². The van der Waals surface area contributed by atoms with Crippen molar-refractivity contribution in [3.63, 3.8) is 0 Å². The number of nitrogens with zero attached hydrogens (tertiary/aromatic N) is 3. The standard InChI is InChI=1S/C13H10ClN3O7S/c1-24-17(25(22,23)13-5-3-2-4-10(13)14)11-7-6-9(15(18)19)8-12(11)16(20)21/h2-8H,1H3. The molecular formula is C13H10ClN3O7S. The van der Waals surface area contributed by atoms with Crippen LogP contribution < -0.4 is 4.47 Å². The zero-order valence-corrected chi connectivity index (χ0v) is 14.1. The van der Waals surface area contributed by atoms with E-state index in [1.807, 2.05) is 0 Å². The third-order valence-electron chi connectivity index (χ3n) is 3.06. The van der Waals surface area contributed by atoms with Crippen molar-refractivity contribution < 1.29 is 23.1 Å². The van der Waals surface area contributed by atoms with Gasteiger partial charge in [-0.1, -0.05) is 23.7 Å². The molecule has 0 aromatic heterocycles. The fourth-order valence-electron chi connectivity index (χ4n) is 2.00. The average molecular weight is 388 g/mol. The molecule has 0 aliphatic carbocycles. The molecule has 0 fully saturated rings. The third-order valence-corrected chi connectivity index (χ3v) is 5.20. The van der Waals surface area contributed by atoms with E-state index >= 15 is 0 Å². The first-order chi connectivity index (χ1) is 11.7. The molecule has 0 radical (unpaired) electrons. The van der Waals surface area contributed by atoms with E-state index in [1.165, 1.54) is 24.3 Å². The summed E-state index contributed by atoms with van der Waals surface area (Å²) in [6.45, 7) is 0. The summed E-state index contributed by atoms with van der Waals surface area (Å²) in [5.74, 6) is 0. The number of non-ortho nitro benzene ring substituents is 1. The quantitative estimate of drug-likeness (QED) is 0.549. The molecule has 12 heteroatoms. The molecule has 2 aromatic rings. The summed E-state index contributed by atoms with van der Waals surface area (Å²) in [7, 11) is -3.43. The molecule has 10 nitrogen and oxygen atoms in total. The molecule has 0 heterocycles. The van der Waals surface area contributed by atoms with E-state index in [0.29, 0.717) is 6.07 Å². The highest BCUT2D eigenvalue weighted by Crippen LogP contribution is 2.36. The molecule has 0 N–H and O–H groups in total. The lowest BCUT2D eigenvalue weighted by Gasteiger charge is -2.21. The Morgan fingerprint density at radius 1 is 1.08 bits per heavy atom. The molecule has 0 aliphatic heterocycles. The zero-order chi connectivity index (χ0) is 18.8. The average Bonchev–Trinajstić information content (AvgIpc) is 2.55. The van der Waals surface area contributed by atoms with Crippen LogP contribution in [0.4, 0.5) is 17.1 Å². The second kappa shape index (κ2) is 7.01. The maximum atomic E-state index is 12.7. The van der Waals surface area contributed by atoms with Crippen LogP contribution in [0.3, 0.4) is 0 Å². The van der Waals surface area contributed by atoms with Crippen LogP contribution in [-0.2, 0) is 14.9 Å². The van der Waals surface area contributed by atoms with Gasteiger partial charge in [0.25, 0.3) is 15.7 Å². The SMILES string of the molecule is CON(c1ccc([N+](=O)[O-])cc1[N+](=O)[O-])S(=O)(=O)c1ccccc1Cl. The van der Waals surface area contributed by atoms with Crippen molar-refractivity contribution in [1.82, 2.24) is 0 Å². The number of nitro benzene ring substituents is 2. The summed E-state index contributed by atoms with van der Waals surface area (Å²) in [6, 6.07) is 7.92. The molecular weight excluding hydrogens is 378 g/mol. The van der Waals surface area contributed by atoms with Crippen molar-refractivity contribution in [1.29, 1.82) is 0 Å². The summed E-state index contributed by atoms with van der Waals surface area (Å²) in [5, 5.41) is 21.9. The van der Waals surface area contributed by atoms with Crippen molar-refractivity contribution in [2.45, 2.75) is 4.90 Å². The van der Waals surface area contributed by atoms with Crippen molar-refractivity contribution in [3.8, 4) is 0 Å². The van der Waals surface area contributed by atoms with Gasteiger partial charge in [-0.05, 0) is 18.2 Å². The number of rotatable bonds is 6. The molecule has 0 atom stereocenters. The molecule has 2 aromatic carbocycles. The molecule has 0 unspecified atom stereocenters. The van der Waals surface area contributed by atoms with Crippen LogP contribution in [0, 0.1) is 20.2 Å². The number of nitro groups is 2. The molecule has 0 bridgehead atoms. The molecule has 0 saturated heterocycles. The van der Waals surface area contributed by atoms with Gasteiger partial charge in [-0.25, -0.2) is 0 Å². The largest absolute Gasteiger partial charge is 0.303 e. The predicted molar refractivity (Wildman–Crippen MR) is 87.9 cm³/mol. The van der Waals surface area contributed by atoms with Crippen LogP contribution >= 0.6 is 11.6 Å². The van der Waals surface area contributed by atoms with Gasteiger partial charge in [0.2, 0.25) is 0 Å². The third kappa shape index (κ3) is 3.52. The Balaban J connectivity index is 2.67. The minimum Gasteiger partial charge on any atom is -0.262 e. The first kappa shape index (κ1) is 18.6. The van der Waals surface area contributed by atoms with E-state index in [2.05, 4.69) is 0 Å². The molecule has 2 rings (SSSR count). The molecule has 132 valence electrons. The summed E-state index contributed by atoms with van der Waals surface area (Å²) in [6.07, 6.45) is 0. The van der Waals surface area contributed by atoms with Gasteiger partial charge < -0.3 is 0 Å². The minimum atomic E-state index is -4.42. The topological polar surface area (TPSA) is 133 Å². The molecule has 0 spiro atoms. The van der Waals surface area contributed by atoms with Gasteiger partial charge in [-0.15, -0.1) is 4.47 Å². The Labute approximate surface area is 146 Å². The van der Waals surface area contributed by atoms with Gasteiger partial charge in [-0.3, -0.25) is 25.1 Å². The smallest absolute Gasteiger partial charge is 0.262 e. The van der Waals surface area contributed by atoms with E-state index in [4.69, 9.17) is 16.4 Å². The molecule has 25 heavy (non-hydrogen) atoms.